The Kier molecular flexibility index (Phi) is 11.5. The van der Waals surface area contributed by atoms with Crippen molar-refractivity contribution in [3.05, 3.63) is 54.7 Å². The monoisotopic (exact) mass is 339 g/mol. The van der Waals surface area contributed by atoms with Crippen LogP contribution in [0.1, 0.15) is 27.7 Å². The minimum absolute atomic E-state index is 0.206. The highest BCUT2D eigenvalue weighted by atomic mass is 32.2. The molecule has 0 spiro atoms. The maximum Gasteiger partial charge on any atom is 0.126 e. The molecule has 0 saturated carbocycles. The Hall–Kier alpha value is -1.33. The van der Waals surface area contributed by atoms with Gasteiger partial charge in [0.15, 0.2) is 0 Å². The Morgan fingerprint density at radius 3 is 1.82 bits per heavy atom. The molecule has 2 atom stereocenters. The molecule has 0 fully saturated rings. The van der Waals surface area contributed by atoms with E-state index in [2.05, 4.69) is 4.98 Å². The van der Waals surface area contributed by atoms with Gasteiger partial charge in [-0.2, -0.15) is 0 Å². The van der Waals surface area contributed by atoms with E-state index in [1.807, 2.05) is 64.1 Å². The van der Waals surface area contributed by atoms with Crippen molar-refractivity contribution >= 4 is 21.6 Å². The number of pyridine rings is 1. The molecule has 0 aliphatic carbocycles. The van der Waals surface area contributed by atoms with Gasteiger partial charge >= 0.3 is 0 Å². The summed E-state index contributed by atoms with van der Waals surface area (Å²) < 4.78 is 22.1. The maximum atomic E-state index is 11.5. The zero-order chi connectivity index (χ0) is 17.0. The molecule has 0 bridgehead atoms. The van der Waals surface area contributed by atoms with Crippen molar-refractivity contribution in [2.24, 2.45) is 0 Å². The van der Waals surface area contributed by atoms with Crippen LogP contribution in [0.3, 0.4) is 0 Å². The van der Waals surface area contributed by atoms with Crippen molar-refractivity contribution in [3.8, 4) is 0 Å². The predicted molar refractivity (Wildman–Crippen MR) is 95.9 cm³/mol. The fourth-order valence-corrected chi connectivity index (χ4v) is 2.79. The van der Waals surface area contributed by atoms with E-state index in [0.717, 1.165) is 4.90 Å². The first kappa shape index (κ1) is 20.7. The van der Waals surface area contributed by atoms with Gasteiger partial charge in [0, 0.05) is 22.6 Å². The fraction of sp³-hybridized carbons (Fsp3) is 0.353. The molecule has 0 N–H and O–H groups in total. The molecule has 22 heavy (non-hydrogen) atoms. The molecule has 1 aromatic carbocycles. The van der Waals surface area contributed by atoms with Crippen LogP contribution in [-0.2, 0) is 21.6 Å². The normalized spacial score (nSPS) is 12.3. The van der Waals surface area contributed by atoms with Gasteiger partial charge in [0.1, 0.15) is 5.03 Å². The van der Waals surface area contributed by atoms with Gasteiger partial charge in [0.05, 0.1) is 21.6 Å². The van der Waals surface area contributed by atoms with E-state index >= 15 is 0 Å². The van der Waals surface area contributed by atoms with Gasteiger partial charge in [-0.15, -0.1) is 0 Å². The van der Waals surface area contributed by atoms with E-state index in [4.69, 9.17) is 0 Å². The molecule has 0 radical (unpaired) electrons. The number of hydrogen-bond acceptors (Lipinski definition) is 3. The quantitative estimate of drug-likeness (QED) is 0.847. The van der Waals surface area contributed by atoms with Gasteiger partial charge < -0.3 is 0 Å². The summed E-state index contributed by atoms with van der Waals surface area (Å²) in [6.45, 7) is 7.92. The number of hydrogen-bond donors (Lipinski definition) is 0. The smallest absolute Gasteiger partial charge is 0.126 e. The molecule has 3 nitrogen and oxygen atoms in total. The molecule has 0 saturated heterocycles. The highest BCUT2D eigenvalue weighted by Gasteiger charge is 2.05. The van der Waals surface area contributed by atoms with Crippen LogP contribution in [0.15, 0.2) is 64.6 Å². The lowest BCUT2D eigenvalue weighted by molar-refractivity contribution is 0.676. The van der Waals surface area contributed by atoms with Crippen molar-refractivity contribution in [1.82, 2.24) is 4.98 Å². The Morgan fingerprint density at radius 2 is 1.45 bits per heavy atom. The minimum Gasteiger partial charge on any atom is -0.254 e. The maximum absolute atomic E-state index is 11.5. The van der Waals surface area contributed by atoms with Crippen molar-refractivity contribution in [2.45, 2.75) is 42.9 Å². The third-order valence-corrected chi connectivity index (χ3v) is 4.76. The first-order valence-corrected chi connectivity index (χ1v) is 9.99. The van der Waals surface area contributed by atoms with Crippen molar-refractivity contribution in [1.29, 1.82) is 0 Å². The first-order chi connectivity index (χ1) is 10.5. The minimum atomic E-state index is -0.940. The Bertz CT molecular complexity index is 557. The van der Waals surface area contributed by atoms with Crippen molar-refractivity contribution in [2.75, 3.05) is 6.26 Å². The molecular formula is C17H25NO2S2. The number of benzene rings is 1. The van der Waals surface area contributed by atoms with Crippen molar-refractivity contribution < 1.29 is 8.42 Å². The summed E-state index contributed by atoms with van der Waals surface area (Å²) in [5.41, 5.74) is 0. The van der Waals surface area contributed by atoms with Crippen LogP contribution < -0.4 is 0 Å². The van der Waals surface area contributed by atoms with E-state index in [9.17, 15) is 8.42 Å². The molecule has 122 valence electrons. The van der Waals surface area contributed by atoms with E-state index in [0.29, 0.717) is 5.03 Å². The molecule has 5 heteroatoms. The molecule has 2 rings (SSSR count). The first-order valence-electron chi connectivity index (χ1n) is 7.22. The zero-order valence-corrected chi connectivity index (χ0v) is 15.5. The third kappa shape index (κ3) is 8.20. The lowest BCUT2D eigenvalue weighted by Crippen LogP contribution is -2.04. The fourth-order valence-electron chi connectivity index (χ4n) is 1.34. The molecular weight excluding hydrogens is 314 g/mol. The van der Waals surface area contributed by atoms with Crippen LogP contribution in [-0.4, -0.2) is 24.9 Å². The van der Waals surface area contributed by atoms with E-state index < -0.39 is 21.6 Å². The molecule has 1 aromatic heterocycles. The summed E-state index contributed by atoms with van der Waals surface area (Å²) in [5, 5.41) is 0.842. The summed E-state index contributed by atoms with van der Waals surface area (Å²) in [6, 6.07) is 14.9. The summed E-state index contributed by atoms with van der Waals surface area (Å²) in [6.07, 6.45) is 3.25. The highest BCUT2D eigenvalue weighted by Crippen LogP contribution is 2.09. The van der Waals surface area contributed by atoms with Crippen molar-refractivity contribution in [3.63, 3.8) is 0 Å². The molecule has 2 unspecified atom stereocenters. The van der Waals surface area contributed by atoms with Crippen LogP contribution in [0.25, 0.3) is 0 Å². The SMILES string of the molecule is CC.CC(C)S(=O)c1ccccc1.CS(=O)c1ccccn1. The second-order valence-corrected chi connectivity index (χ2v) is 7.62. The van der Waals surface area contributed by atoms with Crippen LogP contribution in [0.5, 0.6) is 0 Å². The third-order valence-electron chi connectivity index (χ3n) is 2.34. The number of aromatic nitrogens is 1. The molecule has 1 heterocycles. The lowest BCUT2D eigenvalue weighted by atomic mass is 10.4. The van der Waals surface area contributed by atoms with Gasteiger partial charge in [-0.3, -0.25) is 8.42 Å². The Labute approximate surface area is 139 Å². The molecule has 0 aliphatic rings. The number of nitrogens with zero attached hydrogens (tertiary/aromatic N) is 1. The van der Waals surface area contributed by atoms with Gasteiger partial charge in [-0.1, -0.05) is 52.0 Å². The second kappa shape index (κ2) is 12.2. The predicted octanol–water partition coefficient (Wildman–Crippen LogP) is 4.05. The molecule has 2 aromatic rings. The largest absolute Gasteiger partial charge is 0.254 e. The average molecular weight is 340 g/mol. The van der Waals surface area contributed by atoms with Gasteiger partial charge in [0.2, 0.25) is 0 Å². The molecule has 0 amide bonds. The average Bonchev–Trinajstić information content (AvgIpc) is 2.58. The highest BCUT2D eigenvalue weighted by molar-refractivity contribution is 7.85. The van der Waals surface area contributed by atoms with E-state index in [1.165, 1.54) is 0 Å². The lowest BCUT2D eigenvalue weighted by Gasteiger charge is -2.03. The van der Waals surface area contributed by atoms with E-state index in [-0.39, 0.29) is 5.25 Å². The molecule has 0 aliphatic heterocycles. The summed E-state index contributed by atoms with van der Waals surface area (Å²) >= 11 is 0. The summed E-state index contributed by atoms with van der Waals surface area (Å²) in [5.74, 6) is 0. The Balaban J connectivity index is 0.000000366. The zero-order valence-electron chi connectivity index (χ0n) is 13.9. The Morgan fingerprint density at radius 1 is 0.909 bits per heavy atom. The van der Waals surface area contributed by atoms with Crippen LogP contribution >= 0.6 is 0 Å². The second-order valence-electron chi connectivity index (χ2n) is 4.28. The van der Waals surface area contributed by atoms with Gasteiger partial charge in [-0.25, -0.2) is 4.98 Å². The summed E-state index contributed by atoms with van der Waals surface area (Å²) in [4.78, 5) is 4.80. The van der Waals surface area contributed by atoms with Crippen LogP contribution in [0.2, 0.25) is 0 Å². The van der Waals surface area contributed by atoms with Crippen LogP contribution in [0.4, 0.5) is 0 Å². The summed E-state index contributed by atoms with van der Waals surface area (Å²) in [7, 11) is -1.78. The topological polar surface area (TPSA) is 47.0 Å². The van der Waals surface area contributed by atoms with E-state index in [1.54, 1.807) is 24.6 Å². The van der Waals surface area contributed by atoms with Crippen LogP contribution in [0, 0.1) is 0 Å². The number of rotatable bonds is 3. The van der Waals surface area contributed by atoms with Gasteiger partial charge in [-0.05, 0) is 24.3 Å². The van der Waals surface area contributed by atoms with Gasteiger partial charge in [0.25, 0.3) is 0 Å². The standard InChI is InChI=1S/C9H12OS.C6H7NOS.C2H6/c1-8(2)11(10)9-6-4-3-5-7-9;1-9(8)6-4-2-3-5-7-6;1-2/h3-8H,1-2H3;2-5H,1H3;1-2H3.